The summed E-state index contributed by atoms with van der Waals surface area (Å²) >= 11 is 5.94. The van der Waals surface area contributed by atoms with Crippen LogP contribution >= 0.6 is 11.6 Å². The van der Waals surface area contributed by atoms with Gasteiger partial charge in [0, 0.05) is 17.4 Å². The van der Waals surface area contributed by atoms with Crippen LogP contribution in [0.2, 0.25) is 5.02 Å². The van der Waals surface area contributed by atoms with Gasteiger partial charge in [0.05, 0.1) is 0 Å². The van der Waals surface area contributed by atoms with Crippen LogP contribution in [0.4, 0.5) is 8.78 Å². The smallest absolute Gasteiger partial charge is 0.344 e. The van der Waals surface area contributed by atoms with Crippen LogP contribution in [0.5, 0.6) is 11.5 Å². The number of hydrogen-bond acceptors (Lipinski definition) is 3. The molecule has 3 aromatic rings. The molecule has 1 aliphatic rings. The highest BCUT2D eigenvalue weighted by molar-refractivity contribution is 6.30. The molecule has 3 atom stereocenters. The van der Waals surface area contributed by atoms with Gasteiger partial charge in [0.15, 0.2) is 11.6 Å². The Balaban J connectivity index is 1.62. The summed E-state index contributed by atoms with van der Waals surface area (Å²) in [5.74, 6) is -3.28. The average molecular weight is 473 g/mol. The predicted octanol–water partition coefficient (Wildman–Crippen LogP) is 6.16. The lowest BCUT2D eigenvalue weighted by molar-refractivity contribution is -0.163. The first kappa shape index (κ1) is 23.2. The zero-order chi connectivity index (χ0) is 23.6. The second kappa shape index (κ2) is 9.49. The number of aliphatic hydroxyl groups is 1. The van der Waals surface area contributed by atoms with Gasteiger partial charge in [-0.3, -0.25) is 0 Å². The lowest BCUT2D eigenvalue weighted by Crippen LogP contribution is -2.52. The van der Waals surface area contributed by atoms with Gasteiger partial charge in [0.1, 0.15) is 11.9 Å². The maximum atomic E-state index is 16.3. The van der Waals surface area contributed by atoms with Crippen LogP contribution in [0.25, 0.3) is 0 Å². The molecule has 4 nitrogen and oxygen atoms in total. The summed E-state index contributed by atoms with van der Waals surface area (Å²) in [6, 6.07) is 18.8. The minimum atomic E-state index is -2.94. The number of halogens is 3. The minimum absolute atomic E-state index is 0.0953. The molecular formula is C26H23ClF2O4. The van der Waals surface area contributed by atoms with Gasteiger partial charge < -0.3 is 14.9 Å². The summed E-state index contributed by atoms with van der Waals surface area (Å²) < 4.78 is 36.1. The quantitative estimate of drug-likeness (QED) is 0.391. The topological polar surface area (TPSA) is 66.8 Å². The third kappa shape index (κ3) is 5.02. The van der Waals surface area contributed by atoms with Crippen molar-refractivity contribution in [3.8, 4) is 11.5 Å². The monoisotopic (exact) mass is 472 g/mol. The fourth-order valence-electron chi connectivity index (χ4n) is 4.18. The van der Waals surface area contributed by atoms with Crippen LogP contribution in [0, 0.1) is 11.7 Å². The van der Waals surface area contributed by atoms with Gasteiger partial charge in [-0.1, -0.05) is 48.0 Å². The van der Waals surface area contributed by atoms with Crippen LogP contribution in [0.3, 0.4) is 0 Å². The van der Waals surface area contributed by atoms with Gasteiger partial charge in [-0.25, -0.2) is 13.6 Å². The number of carbonyl (C=O) groups is 1. The van der Waals surface area contributed by atoms with E-state index in [0.29, 0.717) is 34.7 Å². The molecule has 0 aromatic heterocycles. The van der Waals surface area contributed by atoms with E-state index < -0.39 is 29.5 Å². The second-order valence-corrected chi connectivity index (χ2v) is 8.78. The van der Waals surface area contributed by atoms with Crippen molar-refractivity contribution < 1.29 is 28.5 Å². The Morgan fingerprint density at radius 1 is 1.09 bits per heavy atom. The summed E-state index contributed by atoms with van der Waals surface area (Å²) in [5.41, 5.74) is -2.12. The summed E-state index contributed by atoms with van der Waals surface area (Å²) in [5, 5.41) is 21.2. The number of para-hydroxylation sites is 1. The average Bonchev–Trinajstić information content (AvgIpc) is 3.63. The van der Waals surface area contributed by atoms with Gasteiger partial charge in [-0.15, -0.1) is 0 Å². The molecule has 0 heterocycles. The summed E-state index contributed by atoms with van der Waals surface area (Å²) in [7, 11) is 0. The van der Waals surface area contributed by atoms with Crippen LogP contribution in [0.1, 0.15) is 29.9 Å². The molecule has 3 aromatic carbocycles. The van der Waals surface area contributed by atoms with Crippen molar-refractivity contribution in [1.29, 1.82) is 0 Å². The highest BCUT2D eigenvalue weighted by atomic mass is 35.5. The molecule has 0 saturated heterocycles. The van der Waals surface area contributed by atoms with Crippen molar-refractivity contribution in [2.45, 2.75) is 37.0 Å². The maximum absolute atomic E-state index is 16.3. The minimum Gasteiger partial charge on any atom is -0.479 e. The third-order valence-electron chi connectivity index (χ3n) is 5.98. The lowest BCUT2D eigenvalue weighted by atomic mass is 9.75. The normalized spacial score (nSPS) is 17.1. The standard InChI is InChI=1S/C26H23ClF2O4/c27-19-11-9-18(10-12-19)24(17-7-8-17)26(29,25(31)32)23(30)15-16-6-13-21(28)22(14-16)33-20-4-2-1-3-5-20/h1-6,9-14,17,23-24,30H,7-8,15H2,(H,31,32)/t23?,24-,26?/m1/s1. The SMILES string of the molecule is O=C(O)C(F)(C(O)Cc1ccc(F)c(Oc2ccccc2)c1)[C@@H](c1ccc(Cl)cc1)C1CC1. The maximum Gasteiger partial charge on any atom is 0.344 e. The molecule has 33 heavy (non-hydrogen) atoms. The molecule has 0 bridgehead atoms. The first-order valence-electron chi connectivity index (χ1n) is 10.7. The number of rotatable bonds is 9. The van der Waals surface area contributed by atoms with Crippen molar-refractivity contribution in [2.24, 2.45) is 5.92 Å². The number of alkyl halides is 1. The van der Waals surface area contributed by atoms with E-state index in [2.05, 4.69) is 0 Å². The molecular weight excluding hydrogens is 450 g/mol. The number of hydrogen-bond donors (Lipinski definition) is 2. The largest absolute Gasteiger partial charge is 0.479 e. The zero-order valence-corrected chi connectivity index (χ0v) is 18.4. The van der Waals surface area contributed by atoms with Crippen LogP contribution in [-0.4, -0.2) is 28.0 Å². The molecule has 0 spiro atoms. The molecule has 1 fully saturated rings. The van der Waals surface area contributed by atoms with E-state index in [1.165, 1.54) is 12.1 Å². The van der Waals surface area contributed by atoms with Gasteiger partial charge in [-0.2, -0.15) is 0 Å². The number of carboxylic acid groups (broad SMARTS) is 1. The van der Waals surface area contributed by atoms with E-state index in [-0.39, 0.29) is 18.1 Å². The van der Waals surface area contributed by atoms with Crippen molar-refractivity contribution >= 4 is 17.6 Å². The van der Waals surface area contributed by atoms with E-state index in [9.17, 15) is 19.4 Å². The summed E-state index contributed by atoms with van der Waals surface area (Å²) in [4.78, 5) is 12.2. The lowest BCUT2D eigenvalue weighted by Gasteiger charge is -2.35. The van der Waals surface area contributed by atoms with E-state index in [1.54, 1.807) is 54.6 Å². The molecule has 172 valence electrons. The number of benzene rings is 3. The van der Waals surface area contributed by atoms with Crippen molar-refractivity contribution in [3.05, 3.63) is 94.8 Å². The first-order chi connectivity index (χ1) is 15.8. The van der Waals surface area contributed by atoms with Gasteiger partial charge in [-0.05, 0) is 66.3 Å². The highest BCUT2D eigenvalue weighted by Gasteiger charge is 2.57. The molecule has 2 unspecified atom stereocenters. The van der Waals surface area contributed by atoms with E-state index >= 15 is 4.39 Å². The Hall–Kier alpha value is -2.96. The van der Waals surface area contributed by atoms with Crippen molar-refractivity contribution in [3.63, 3.8) is 0 Å². The molecule has 0 amide bonds. The number of carboxylic acids is 1. The number of ether oxygens (including phenoxy) is 1. The molecule has 1 aliphatic carbocycles. The third-order valence-corrected chi connectivity index (χ3v) is 6.24. The summed E-state index contributed by atoms with van der Waals surface area (Å²) in [6.45, 7) is 0. The molecule has 7 heteroatoms. The first-order valence-corrected chi connectivity index (χ1v) is 11.0. The Kier molecular flexibility index (Phi) is 6.68. The Morgan fingerprint density at radius 2 is 1.76 bits per heavy atom. The van der Waals surface area contributed by atoms with Gasteiger partial charge in [0.25, 0.3) is 0 Å². The number of aliphatic carboxylic acids is 1. The highest BCUT2D eigenvalue weighted by Crippen LogP contribution is 2.51. The predicted molar refractivity (Wildman–Crippen MR) is 121 cm³/mol. The summed E-state index contributed by atoms with van der Waals surface area (Å²) in [6.07, 6.45) is -0.855. The van der Waals surface area contributed by atoms with Crippen molar-refractivity contribution in [1.82, 2.24) is 0 Å². The Labute approximate surface area is 195 Å². The van der Waals surface area contributed by atoms with E-state index in [4.69, 9.17) is 16.3 Å². The number of aliphatic hydroxyl groups excluding tert-OH is 1. The van der Waals surface area contributed by atoms with E-state index in [0.717, 1.165) is 6.07 Å². The van der Waals surface area contributed by atoms with Crippen LogP contribution < -0.4 is 4.74 Å². The Morgan fingerprint density at radius 3 is 2.36 bits per heavy atom. The van der Waals surface area contributed by atoms with Crippen LogP contribution in [-0.2, 0) is 11.2 Å². The molecule has 1 saturated carbocycles. The molecule has 2 N–H and O–H groups in total. The zero-order valence-electron chi connectivity index (χ0n) is 17.6. The Bertz CT molecular complexity index is 1120. The van der Waals surface area contributed by atoms with Gasteiger partial charge in [0.2, 0.25) is 5.67 Å². The van der Waals surface area contributed by atoms with Crippen LogP contribution in [0.15, 0.2) is 72.8 Å². The molecule has 4 rings (SSSR count). The fraction of sp³-hybridized carbons (Fsp3) is 0.269. The second-order valence-electron chi connectivity index (χ2n) is 8.34. The molecule has 0 aliphatic heterocycles. The van der Waals surface area contributed by atoms with Gasteiger partial charge >= 0.3 is 5.97 Å². The van der Waals surface area contributed by atoms with Crippen molar-refractivity contribution in [2.75, 3.05) is 0 Å². The van der Waals surface area contributed by atoms with E-state index in [1.807, 2.05) is 0 Å². The molecule has 0 radical (unpaired) electrons. The fourth-order valence-corrected chi connectivity index (χ4v) is 4.31.